The number of aliphatic hydroxyl groups excluding tert-OH is 1. The maximum Gasteiger partial charge on any atom is 0.317 e. The van der Waals surface area contributed by atoms with Gasteiger partial charge in [-0.25, -0.2) is 4.79 Å². The Hall–Kier alpha value is -1.55. The van der Waals surface area contributed by atoms with Crippen LogP contribution in [0, 0.1) is 26.7 Å². The lowest BCUT2D eigenvalue weighted by atomic mass is 10.00. The molecule has 2 rings (SSSR count). The van der Waals surface area contributed by atoms with Crippen molar-refractivity contribution < 1.29 is 9.90 Å². The summed E-state index contributed by atoms with van der Waals surface area (Å²) >= 11 is 0. The summed E-state index contributed by atoms with van der Waals surface area (Å²) < 4.78 is 0. The number of carbonyl (C=O) groups excluding carboxylic acids is 1. The van der Waals surface area contributed by atoms with E-state index in [1.165, 1.54) is 22.3 Å². The van der Waals surface area contributed by atoms with Gasteiger partial charge < -0.3 is 15.3 Å². The lowest BCUT2D eigenvalue weighted by Crippen LogP contribution is -2.41. The molecular formula is C17H26N2O2. The zero-order chi connectivity index (χ0) is 15.6. The number of nitrogens with one attached hydrogen (secondary N) is 1. The summed E-state index contributed by atoms with van der Waals surface area (Å²) in [7, 11) is 1.73. The highest BCUT2D eigenvalue weighted by Crippen LogP contribution is 2.32. The van der Waals surface area contributed by atoms with Gasteiger partial charge in [0.15, 0.2) is 0 Å². The zero-order valence-corrected chi connectivity index (χ0v) is 13.4. The normalized spacial score (nSPS) is 15.7. The first-order chi connectivity index (χ1) is 9.88. The number of hydrogen-bond acceptors (Lipinski definition) is 2. The molecule has 0 heterocycles. The number of rotatable bonds is 5. The number of hydrogen-bond donors (Lipinski definition) is 2. The van der Waals surface area contributed by atoms with E-state index < -0.39 is 0 Å². The van der Waals surface area contributed by atoms with E-state index in [1.807, 2.05) is 0 Å². The minimum atomic E-state index is -0.386. The Morgan fingerprint density at radius 3 is 2.43 bits per heavy atom. The Kier molecular flexibility index (Phi) is 4.88. The van der Waals surface area contributed by atoms with Crippen LogP contribution in [0.2, 0.25) is 0 Å². The largest absolute Gasteiger partial charge is 0.391 e. The summed E-state index contributed by atoms with van der Waals surface area (Å²) in [5.41, 5.74) is 4.82. The fraction of sp³-hybridized carbons (Fsp3) is 0.588. The molecule has 116 valence electrons. The van der Waals surface area contributed by atoms with Gasteiger partial charge in [-0.05, 0) is 56.2 Å². The summed E-state index contributed by atoms with van der Waals surface area (Å²) in [4.78, 5) is 13.7. The minimum Gasteiger partial charge on any atom is -0.391 e. The number of nitrogens with zero attached hydrogens (tertiary/aromatic N) is 1. The topological polar surface area (TPSA) is 52.6 Å². The number of amides is 2. The van der Waals surface area contributed by atoms with Gasteiger partial charge >= 0.3 is 6.03 Å². The second-order valence-corrected chi connectivity index (χ2v) is 6.32. The number of aliphatic hydroxyl groups is 1. The summed E-state index contributed by atoms with van der Waals surface area (Å²) in [5, 5.41) is 12.8. The third kappa shape index (κ3) is 4.21. The van der Waals surface area contributed by atoms with Crippen LogP contribution in [0.15, 0.2) is 12.1 Å². The third-order valence-electron chi connectivity index (χ3n) is 4.23. The molecule has 1 unspecified atom stereocenters. The first kappa shape index (κ1) is 15.8. The van der Waals surface area contributed by atoms with Crippen molar-refractivity contribution in [1.82, 2.24) is 10.2 Å². The lowest BCUT2D eigenvalue weighted by molar-refractivity contribution is 0.113. The molecule has 1 aliphatic carbocycles. The van der Waals surface area contributed by atoms with Crippen LogP contribution < -0.4 is 5.32 Å². The molecule has 1 aromatic rings. The Bertz CT molecular complexity index is 501. The van der Waals surface area contributed by atoms with Gasteiger partial charge in [0.2, 0.25) is 0 Å². The van der Waals surface area contributed by atoms with Crippen molar-refractivity contribution >= 4 is 6.03 Å². The van der Waals surface area contributed by atoms with Crippen molar-refractivity contribution in [2.75, 3.05) is 13.6 Å². The van der Waals surface area contributed by atoms with Crippen LogP contribution in [-0.4, -0.2) is 35.7 Å². The van der Waals surface area contributed by atoms with Crippen LogP contribution in [-0.2, 0) is 6.54 Å². The molecule has 1 aliphatic rings. The van der Waals surface area contributed by atoms with Crippen molar-refractivity contribution in [2.24, 2.45) is 5.92 Å². The monoisotopic (exact) mass is 290 g/mol. The fourth-order valence-corrected chi connectivity index (χ4v) is 2.78. The molecule has 21 heavy (non-hydrogen) atoms. The predicted octanol–water partition coefficient (Wildman–Crippen LogP) is 2.52. The van der Waals surface area contributed by atoms with Gasteiger partial charge in [-0.15, -0.1) is 0 Å². The van der Waals surface area contributed by atoms with E-state index in [-0.39, 0.29) is 12.1 Å². The number of urea groups is 1. The standard InChI is InChI=1S/C17H26N2O2/c1-11-7-12(2)15(13(3)8-11)9-18-17(21)19(4)10-16(20)14-5-6-14/h7-8,14,16,20H,5-6,9-10H2,1-4H3,(H,18,21). The molecular weight excluding hydrogens is 264 g/mol. The molecule has 1 fully saturated rings. The van der Waals surface area contributed by atoms with Crippen LogP contribution in [0.25, 0.3) is 0 Å². The zero-order valence-electron chi connectivity index (χ0n) is 13.4. The molecule has 0 aromatic heterocycles. The van der Waals surface area contributed by atoms with Gasteiger partial charge in [-0.1, -0.05) is 17.7 Å². The van der Waals surface area contributed by atoms with E-state index in [0.717, 1.165) is 12.8 Å². The van der Waals surface area contributed by atoms with Crippen molar-refractivity contribution in [3.63, 3.8) is 0 Å². The van der Waals surface area contributed by atoms with Crippen molar-refractivity contribution in [2.45, 2.75) is 46.3 Å². The van der Waals surface area contributed by atoms with E-state index in [0.29, 0.717) is 19.0 Å². The average Bonchev–Trinajstić information content (AvgIpc) is 3.21. The van der Waals surface area contributed by atoms with E-state index in [2.05, 4.69) is 38.2 Å². The average molecular weight is 290 g/mol. The quantitative estimate of drug-likeness (QED) is 0.875. The molecule has 1 saturated carbocycles. The fourth-order valence-electron chi connectivity index (χ4n) is 2.78. The van der Waals surface area contributed by atoms with Crippen LogP contribution >= 0.6 is 0 Å². The maximum atomic E-state index is 12.1. The Morgan fingerprint density at radius 2 is 1.90 bits per heavy atom. The Balaban J connectivity index is 1.88. The highest BCUT2D eigenvalue weighted by atomic mass is 16.3. The molecule has 2 N–H and O–H groups in total. The van der Waals surface area contributed by atoms with E-state index in [1.54, 1.807) is 11.9 Å². The highest BCUT2D eigenvalue weighted by molar-refractivity contribution is 5.74. The SMILES string of the molecule is Cc1cc(C)c(CNC(=O)N(C)CC(O)C2CC2)c(C)c1. The lowest BCUT2D eigenvalue weighted by Gasteiger charge is -2.22. The van der Waals surface area contributed by atoms with Gasteiger partial charge in [0.1, 0.15) is 0 Å². The van der Waals surface area contributed by atoms with Crippen LogP contribution in [0.5, 0.6) is 0 Å². The number of benzene rings is 1. The number of aryl methyl sites for hydroxylation is 3. The van der Waals surface area contributed by atoms with Crippen molar-refractivity contribution in [3.8, 4) is 0 Å². The van der Waals surface area contributed by atoms with Crippen LogP contribution in [0.4, 0.5) is 4.79 Å². The smallest absolute Gasteiger partial charge is 0.317 e. The third-order valence-corrected chi connectivity index (χ3v) is 4.23. The predicted molar refractivity (Wildman–Crippen MR) is 84.2 cm³/mol. The second-order valence-electron chi connectivity index (χ2n) is 6.32. The first-order valence-corrected chi connectivity index (χ1v) is 7.62. The van der Waals surface area contributed by atoms with Crippen molar-refractivity contribution in [1.29, 1.82) is 0 Å². The van der Waals surface area contributed by atoms with E-state index >= 15 is 0 Å². The molecule has 0 spiro atoms. The van der Waals surface area contributed by atoms with Crippen molar-refractivity contribution in [3.05, 3.63) is 34.4 Å². The molecule has 0 bridgehead atoms. The molecule has 0 aliphatic heterocycles. The summed E-state index contributed by atoms with van der Waals surface area (Å²) in [6.45, 7) is 7.16. The van der Waals surface area contributed by atoms with E-state index in [9.17, 15) is 9.90 Å². The number of likely N-dealkylation sites (N-methyl/N-ethyl adjacent to an activating group) is 1. The summed E-state index contributed by atoms with van der Waals surface area (Å²) in [6.07, 6.45) is 1.78. The van der Waals surface area contributed by atoms with E-state index in [4.69, 9.17) is 0 Å². The van der Waals surface area contributed by atoms with Gasteiger partial charge in [-0.2, -0.15) is 0 Å². The molecule has 4 heteroatoms. The number of carbonyl (C=O) groups is 1. The van der Waals surface area contributed by atoms with Gasteiger partial charge in [0.05, 0.1) is 6.10 Å². The molecule has 1 atom stereocenters. The maximum absolute atomic E-state index is 12.1. The Labute approximate surface area is 127 Å². The summed E-state index contributed by atoms with van der Waals surface area (Å²) in [6, 6.07) is 4.14. The minimum absolute atomic E-state index is 0.130. The Morgan fingerprint density at radius 1 is 1.33 bits per heavy atom. The van der Waals surface area contributed by atoms with Gasteiger partial charge in [0, 0.05) is 20.1 Å². The second kappa shape index (κ2) is 6.48. The molecule has 1 aromatic carbocycles. The molecule has 0 saturated heterocycles. The highest BCUT2D eigenvalue weighted by Gasteiger charge is 2.31. The molecule has 0 radical (unpaired) electrons. The van der Waals surface area contributed by atoms with Crippen LogP contribution in [0.3, 0.4) is 0 Å². The summed E-state index contributed by atoms with van der Waals surface area (Å²) in [5.74, 6) is 0.391. The first-order valence-electron chi connectivity index (χ1n) is 7.62. The van der Waals surface area contributed by atoms with Gasteiger partial charge in [-0.3, -0.25) is 0 Å². The van der Waals surface area contributed by atoms with Gasteiger partial charge in [0.25, 0.3) is 0 Å². The molecule has 4 nitrogen and oxygen atoms in total. The van der Waals surface area contributed by atoms with Crippen LogP contribution in [0.1, 0.15) is 35.1 Å². The molecule has 2 amide bonds.